The van der Waals surface area contributed by atoms with Gasteiger partial charge in [-0.1, -0.05) is 39.3 Å². The number of nitrogens with one attached hydrogen (secondary N) is 1. The Morgan fingerprint density at radius 3 is 1.79 bits per heavy atom. The summed E-state index contributed by atoms with van der Waals surface area (Å²) in [4.78, 5) is 0. The van der Waals surface area contributed by atoms with Crippen LogP contribution in [0.5, 0.6) is 0 Å². The molecule has 0 bridgehead atoms. The highest BCUT2D eigenvalue weighted by Gasteiger charge is 2.68. The lowest BCUT2D eigenvalue weighted by atomic mass is 9.47. The van der Waals surface area contributed by atoms with Crippen LogP contribution < -0.4 is 5.32 Å². The first-order valence-corrected chi connectivity index (χ1v) is 27.0. The monoisotopic (exact) mass is 1050 g/mol. The lowest BCUT2D eigenvalue weighted by Gasteiger charge is -2.59. The van der Waals surface area contributed by atoms with E-state index in [4.69, 9.17) is 42.6 Å². The molecule has 13 N–H and O–H groups in total. The van der Waals surface area contributed by atoms with Gasteiger partial charge in [-0.2, -0.15) is 0 Å². The fraction of sp³-hybridized carbons (Fsp3) is 0.961. The van der Waals surface area contributed by atoms with E-state index in [9.17, 15) is 61.3 Å². The zero-order valence-electron chi connectivity index (χ0n) is 42.5. The van der Waals surface area contributed by atoms with Crippen molar-refractivity contribution in [3.8, 4) is 0 Å². The van der Waals surface area contributed by atoms with Crippen molar-refractivity contribution in [3.63, 3.8) is 0 Å². The summed E-state index contributed by atoms with van der Waals surface area (Å²) < 4.78 is 55.1. The molecule has 1 spiro atoms. The van der Waals surface area contributed by atoms with Gasteiger partial charge in [0.25, 0.3) is 0 Å². The van der Waals surface area contributed by atoms with Crippen LogP contribution in [-0.4, -0.2) is 228 Å². The largest absolute Gasteiger partial charge is 0.394 e. The molecule has 10 rings (SSSR count). The zero-order valence-corrected chi connectivity index (χ0v) is 42.5. The van der Waals surface area contributed by atoms with E-state index >= 15 is 0 Å². The van der Waals surface area contributed by atoms with Crippen LogP contribution in [0.15, 0.2) is 11.6 Å². The maximum atomic E-state index is 12.0. The summed E-state index contributed by atoms with van der Waals surface area (Å²) in [5, 5.41) is 134. The summed E-state index contributed by atoms with van der Waals surface area (Å²) >= 11 is 0. The molecule has 10 aliphatic rings. The number of hydrogen-bond acceptors (Lipinski definition) is 22. The molecule has 73 heavy (non-hydrogen) atoms. The highest BCUT2D eigenvalue weighted by atomic mass is 16.8. The molecule has 4 aliphatic carbocycles. The molecular formula is C51H83NO21. The van der Waals surface area contributed by atoms with Crippen LogP contribution in [0.2, 0.25) is 0 Å². The SMILES string of the molecule is C[C@@H]1CC[C@@]2(NC1)O[C@H]1C[C@H]3[C@@H]4CC=C5C[C@H](O[C@@H]6O[C@H](CO)[C@H](O)[C@H](O[C@@H]7O[C@H](CO)[C@@H](O)[C@H](O)[C@H]7O[C@@H]7O[C@H](CO)[C@@H](O)[C@H](O)[C@H]7O[C@H]7O[C@@H](C)[C@H](O)[C@@H](O)[C@H]7O)[C@H]6O)CC[C@]5(C)[C@@H]4CC[C@]3(C)[C@H]1[C@@H]2C. The minimum atomic E-state index is -1.99. The number of hydrogen-bond donors (Lipinski definition) is 13. The summed E-state index contributed by atoms with van der Waals surface area (Å²) in [6, 6.07) is 0. The highest BCUT2D eigenvalue weighted by Crippen LogP contribution is 2.70. The Morgan fingerprint density at radius 2 is 1.18 bits per heavy atom. The molecule has 3 saturated carbocycles. The Bertz CT molecular complexity index is 1930. The molecule has 6 heterocycles. The first-order chi connectivity index (χ1) is 34.7. The van der Waals surface area contributed by atoms with Gasteiger partial charge >= 0.3 is 0 Å². The van der Waals surface area contributed by atoms with E-state index in [1.54, 1.807) is 0 Å². The maximum absolute atomic E-state index is 12.0. The number of fused-ring (bicyclic) bond motifs is 7. The van der Waals surface area contributed by atoms with E-state index < -0.39 is 149 Å². The minimum absolute atomic E-state index is 0.0527. The van der Waals surface area contributed by atoms with E-state index in [1.807, 2.05) is 0 Å². The lowest BCUT2D eigenvalue weighted by Crippen LogP contribution is -2.68. The normalized spacial score (nSPS) is 57.1. The molecule has 6 saturated heterocycles. The fourth-order valence-corrected chi connectivity index (χ4v) is 15.7. The molecule has 0 unspecified atom stereocenters. The van der Waals surface area contributed by atoms with Gasteiger partial charge in [0, 0.05) is 12.5 Å². The molecule has 418 valence electrons. The third-order valence-electron chi connectivity index (χ3n) is 20.0. The second kappa shape index (κ2) is 21.2. The van der Waals surface area contributed by atoms with Crippen LogP contribution in [0.25, 0.3) is 0 Å². The number of aliphatic hydroxyl groups excluding tert-OH is 12. The molecule has 9 fully saturated rings. The van der Waals surface area contributed by atoms with Crippen molar-refractivity contribution in [3.05, 3.63) is 11.6 Å². The van der Waals surface area contributed by atoms with E-state index in [1.165, 1.54) is 18.9 Å². The van der Waals surface area contributed by atoms with Crippen LogP contribution in [0.3, 0.4) is 0 Å². The summed E-state index contributed by atoms with van der Waals surface area (Å²) in [6.45, 7) is 9.64. The number of aliphatic hydroxyl groups is 12. The van der Waals surface area contributed by atoms with E-state index in [-0.39, 0.29) is 22.7 Å². The van der Waals surface area contributed by atoms with E-state index in [0.29, 0.717) is 48.3 Å². The molecule has 0 aromatic heterocycles. The second-order valence-electron chi connectivity index (χ2n) is 24.0. The summed E-state index contributed by atoms with van der Waals surface area (Å²) in [6.07, 6.45) is -23.2. The van der Waals surface area contributed by atoms with E-state index in [0.717, 1.165) is 45.1 Å². The minimum Gasteiger partial charge on any atom is -0.394 e. The Kier molecular flexibility index (Phi) is 16.0. The van der Waals surface area contributed by atoms with Gasteiger partial charge < -0.3 is 104 Å². The molecule has 0 aromatic rings. The summed E-state index contributed by atoms with van der Waals surface area (Å²) in [5.41, 5.74) is 1.25. The summed E-state index contributed by atoms with van der Waals surface area (Å²) in [7, 11) is 0. The number of piperidine rings is 1. The quantitative estimate of drug-likeness (QED) is 0.0961. The maximum Gasteiger partial charge on any atom is 0.187 e. The van der Waals surface area contributed by atoms with Gasteiger partial charge in [0.15, 0.2) is 25.2 Å². The Morgan fingerprint density at radius 1 is 0.589 bits per heavy atom. The van der Waals surface area contributed by atoms with Gasteiger partial charge in [0.2, 0.25) is 0 Å². The predicted octanol–water partition coefficient (Wildman–Crippen LogP) is -2.39. The smallest absolute Gasteiger partial charge is 0.187 e. The first kappa shape index (κ1) is 55.2. The van der Waals surface area contributed by atoms with Gasteiger partial charge in [0.1, 0.15) is 97.3 Å². The topological polar surface area (TPSA) is 338 Å². The Hall–Kier alpha value is -1.14. The van der Waals surface area contributed by atoms with Crippen molar-refractivity contribution >= 4 is 0 Å². The van der Waals surface area contributed by atoms with Crippen LogP contribution in [0.1, 0.15) is 92.4 Å². The van der Waals surface area contributed by atoms with Crippen molar-refractivity contribution in [2.75, 3.05) is 26.4 Å². The van der Waals surface area contributed by atoms with E-state index in [2.05, 4.69) is 39.1 Å². The third kappa shape index (κ3) is 9.42. The van der Waals surface area contributed by atoms with Crippen molar-refractivity contribution in [1.82, 2.24) is 5.32 Å². The summed E-state index contributed by atoms with van der Waals surface area (Å²) in [5.74, 6) is 3.22. The van der Waals surface area contributed by atoms with Gasteiger partial charge in [-0.25, -0.2) is 0 Å². The van der Waals surface area contributed by atoms with Gasteiger partial charge in [0.05, 0.1) is 38.1 Å². The number of ether oxygens (including phenoxy) is 9. The second-order valence-corrected chi connectivity index (χ2v) is 24.0. The van der Waals surface area contributed by atoms with Gasteiger partial charge in [-0.15, -0.1) is 0 Å². The van der Waals surface area contributed by atoms with Crippen molar-refractivity contribution in [1.29, 1.82) is 0 Å². The molecule has 0 aromatic carbocycles. The Labute approximate surface area is 425 Å². The molecule has 0 amide bonds. The van der Waals surface area contributed by atoms with Crippen molar-refractivity contribution in [2.24, 2.45) is 46.3 Å². The predicted molar refractivity (Wildman–Crippen MR) is 249 cm³/mol. The van der Waals surface area contributed by atoms with Crippen LogP contribution >= 0.6 is 0 Å². The van der Waals surface area contributed by atoms with Gasteiger partial charge in [-0.3, -0.25) is 5.32 Å². The standard InChI is InChI=1S/C51H83NO21/c1-20-8-13-51(52-16-20)21(2)32-28(73-51)15-27-25-7-6-23-14-24(9-11-49(23,4)26(25)10-12-50(27,32)5)66-46-41(64)42(36(59)31(19-55)67-46)70-47-44(39(62)35(58)29(17-53)68-47)72-48-43(38(61)34(57)30(18-54)69-48)71-45-40(63)37(60)33(56)22(3)65-45/h6,20-22,24-48,52-64H,7-19H2,1-5H3/t20-,21+,22+,24-,25-,26-,27+,28+,29-,30-,31-,32+,33+,34-,35-,36+,37-,38+,39+,40-,41-,42+,43-,44-,45-,46-,47+,48+,49+,50+,51-/m1/s1. The molecule has 0 radical (unpaired) electrons. The van der Waals surface area contributed by atoms with Crippen molar-refractivity contribution < 1.29 is 104 Å². The fourth-order valence-electron chi connectivity index (χ4n) is 15.7. The molecule has 22 heteroatoms. The number of rotatable bonds is 11. The highest BCUT2D eigenvalue weighted by molar-refractivity contribution is 5.27. The van der Waals surface area contributed by atoms with Crippen LogP contribution in [-0.2, 0) is 42.6 Å². The molecular weight excluding hydrogens is 963 g/mol. The number of allylic oxidation sites excluding steroid dienone is 1. The average molecular weight is 1050 g/mol. The molecule has 22 nitrogen and oxygen atoms in total. The zero-order chi connectivity index (χ0) is 52.2. The Balaban J connectivity index is 0.833. The van der Waals surface area contributed by atoms with Crippen LogP contribution in [0.4, 0.5) is 0 Å². The van der Waals surface area contributed by atoms with Crippen LogP contribution in [0, 0.1) is 46.3 Å². The lowest BCUT2D eigenvalue weighted by molar-refractivity contribution is -0.403. The van der Waals surface area contributed by atoms with Gasteiger partial charge in [-0.05, 0) is 105 Å². The molecule has 6 aliphatic heterocycles. The first-order valence-electron chi connectivity index (χ1n) is 27.0. The van der Waals surface area contributed by atoms with Crippen molar-refractivity contribution in [2.45, 2.75) is 233 Å². The third-order valence-corrected chi connectivity index (χ3v) is 20.0. The average Bonchev–Trinajstić information content (AvgIpc) is 3.82. The molecule has 31 atom stereocenters.